The molecule has 6 aliphatic carbocycles. The van der Waals surface area contributed by atoms with Crippen molar-refractivity contribution < 1.29 is 42.2 Å². The molecule has 0 radical (unpaired) electrons. The van der Waals surface area contributed by atoms with Crippen LogP contribution >= 0.6 is 0 Å². The maximum atomic E-state index is 2.76. The molecule has 4 aromatic carbocycles. The van der Waals surface area contributed by atoms with Crippen molar-refractivity contribution in [2.45, 2.75) is 83.5 Å². The van der Waals surface area contributed by atoms with Gasteiger partial charge in [0.05, 0.1) is 0 Å². The average molecular weight is 720 g/mol. The van der Waals surface area contributed by atoms with Crippen LogP contribution in [0.3, 0.4) is 0 Å². The monoisotopic (exact) mass is 718 g/mol. The Balaban J connectivity index is 0.00000189. The molecule has 4 aromatic rings. The molecule has 0 unspecified atom stereocenters. The van der Waals surface area contributed by atoms with Crippen LogP contribution in [0.25, 0.3) is 11.1 Å². The average Bonchev–Trinajstić information content (AvgIpc) is 3.75. The van der Waals surface area contributed by atoms with Gasteiger partial charge in [0.15, 0.2) is 0 Å². The van der Waals surface area contributed by atoms with E-state index in [2.05, 4.69) is 141 Å². The van der Waals surface area contributed by atoms with Gasteiger partial charge in [-0.3, -0.25) is 0 Å². The van der Waals surface area contributed by atoms with Crippen LogP contribution in [0.15, 0.2) is 113 Å². The maximum absolute atomic E-state index is 2.76. The van der Waals surface area contributed by atoms with E-state index >= 15 is 0 Å². The van der Waals surface area contributed by atoms with Crippen molar-refractivity contribution in [3.63, 3.8) is 0 Å². The van der Waals surface area contributed by atoms with Crippen LogP contribution in [0.4, 0.5) is 0 Å². The molecule has 0 atom stereocenters. The molecule has 3 heteroatoms. The molecule has 0 N–H and O–H groups in total. The molecule has 250 valence electrons. The molecule has 0 amide bonds. The number of benzene rings is 4. The number of fused-ring (bicyclic) bond motifs is 3. The summed E-state index contributed by atoms with van der Waals surface area (Å²) in [7, 11) is 0. The minimum atomic E-state index is -1.97. The first-order valence-corrected chi connectivity index (χ1v) is 20.6. The second-order valence-electron chi connectivity index (χ2n) is 16.5. The van der Waals surface area contributed by atoms with Gasteiger partial charge in [0.1, 0.15) is 0 Å². The quantitative estimate of drug-likeness (QED) is 0.225. The van der Waals surface area contributed by atoms with Crippen LogP contribution in [-0.2, 0) is 34.7 Å². The number of allylic oxidation sites excluding steroid dienone is 4. The van der Waals surface area contributed by atoms with Crippen molar-refractivity contribution in [3.8, 4) is 11.1 Å². The molecule has 4 fully saturated rings. The van der Waals surface area contributed by atoms with Gasteiger partial charge in [0.2, 0.25) is 0 Å². The summed E-state index contributed by atoms with van der Waals surface area (Å²) in [5.74, 6) is 3.76. The van der Waals surface area contributed by atoms with E-state index < -0.39 is 17.4 Å². The summed E-state index contributed by atoms with van der Waals surface area (Å²) in [6.07, 6.45) is 17.1. The van der Waals surface area contributed by atoms with Crippen molar-refractivity contribution in [1.29, 1.82) is 0 Å². The summed E-state index contributed by atoms with van der Waals surface area (Å²) < 4.78 is 5.69. The van der Waals surface area contributed by atoms with Crippen molar-refractivity contribution in [1.82, 2.24) is 0 Å². The van der Waals surface area contributed by atoms with Gasteiger partial charge in [-0.1, -0.05) is 0 Å². The molecule has 49 heavy (non-hydrogen) atoms. The topological polar surface area (TPSA) is 0 Å². The molecule has 0 saturated heterocycles. The first kappa shape index (κ1) is 34.9. The van der Waals surface area contributed by atoms with Crippen LogP contribution in [0.2, 0.25) is 0 Å². The van der Waals surface area contributed by atoms with Gasteiger partial charge < -0.3 is 24.8 Å². The second-order valence-corrected chi connectivity index (χ2v) is 20.5. The Morgan fingerprint density at radius 2 is 1.16 bits per heavy atom. The smallest absolute Gasteiger partial charge is 1.00 e. The minimum Gasteiger partial charge on any atom is -1.00 e. The second kappa shape index (κ2) is 13.3. The molecule has 4 bridgehead atoms. The van der Waals surface area contributed by atoms with E-state index in [0.29, 0.717) is 0 Å². The molecule has 0 heterocycles. The van der Waals surface area contributed by atoms with E-state index in [1.165, 1.54) is 77.5 Å². The fourth-order valence-corrected chi connectivity index (χ4v) is 16.4. The van der Waals surface area contributed by atoms with Gasteiger partial charge >= 0.3 is 290 Å². The Kier molecular flexibility index (Phi) is 9.45. The molecule has 0 aromatic heterocycles. The Morgan fingerprint density at radius 3 is 1.73 bits per heavy atom. The third kappa shape index (κ3) is 5.84. The zero-order chi connectivity index (χ0) is 31.9. The molecule has 0 nitrogen and oxygen atoms in total. The predicted molar refractivity (Wildman–Crippen MR) is 195 cm³/mol. The first-order chi connectivity index (χ1) is 22.8. The Morgan fingerprint density at radius 1 is 0.592 bits per heavy atom. The SMILES string of the molecule is CC(C)(c1ccccc1)c1ccc2c(c1)-c1cc(C(C)(C)c3ccccc3)c[c]([Ti+2]([C]3=CC=CC3)=[C]3C4CC5CC(C4)CC3C5)c1C2.[Cl-].[Cl-]. The van der Waals surface area contributed by atoms with Gasteiger partial charge in [-0.2, -0.15) is 0 Å². The zero-order valence-corrected chi connectivity index (χ0v) is 32.5. The van der Waals surface area contributed by atoms with E-state index in [1.54, 1.807) is 9.43 Å². The minimum absolute atomic E-state index is 0. The summed E-state index contributed by atoms with van der Waals surface area (Å²) >= 11 is -1.97. The van der Waals surface area contributed by atoms with Gasteiger partial charge in [-0.15, -0.1) is 0 Å². The van der Waals surface area contributed by atoms with Gasteiger partial charge in [0.25, 0.3) is 0 Å². The molecule has 6 aliphatic rings. The van der Waals surface area contributed by atoms with Gasteiger partial charge in [-0.05, 0) is 0 Å². The van der Waals surface area contributed by atoms with Crippen LogP contribution in [0, 0.1) is 23.7 Å². The first-order valence-electron chi connectivity index (χ1n) is 18.3. The number of halogens is 2. The van der Waals surface area contributed by atoms with Crippen molar-refractivity contribution >= 4 is 7.68 Å². The Hall–Kier alpha value is -2.48. The van der Waals surface area contributed by atoms with Crippen molar-refractivity contribution in [2.24, 2.45) is 23.7 Å². The summed E-state index contributed by atoms with van der Waals surface area (Å²) in [6.45, 7) is 9.72. The molecule has 0 spiro atoms. The Labute approximate surface area is 312 Å². The number of hydrogen-bond acceptors (Lipinski definition) is 0. The third-order valence-corrected chi connectivity index (χ3v) is 18.4. The fraction of sp³-hybridized carbons (Fsp3) is 0.370. The fourth-order valence-electron chi connectivity index (χ4n) is 10.5. The van der Waals surface area contributed by atoms with Crippen LogP contribution in [0.1, 0.15) is 99.6 Å². The molecule has 10 rings (SSSR count). The third-order valence-electron chi connectivity index (χ3n) is 13.1. The van der Waals surface area contributed by atoms with E-state index in [4.69, 9.17) is 0 Å². The van der Waals surface area contributed by atoms with Crippen molar-refractivity contribution in [2.75, 3.05) is 0 Å². The largest absolute Gasteiger partial charge is 1.00 e. The maximum Gasteiger partial charge on any atom is -1.00 e. The number of hydrogen-bond donors (Lipinski definition) is 0. The van der Waals surface area contributed by atoms with Crippen LogP contribution in [-0.4, -0.2) is 3.81 Å². The molecular formula is C46H48Cl2Ti. The summed E-state index contributed by atoms with van der Waals surface area (Å²) in [5.41, 5.74) is 11.8. The summed E-state index contributed by atoms with van der Waals surface area (Å²) in [5, 5.41) is 0. The van der Waals surface area contributed by atoms with Crippen LogP contribution in [0.5, 0.6) is 0 Å². The zero-order valence-electron chi connectivity index (χ0n) is 29.4. The van der Waals surface area contributed by atoms with Crippen molar-refractivity contribution in [3.05, 3.63) is 146 Å². The van der Waals surface area contributed by atoms with E-state index in [0.717, 1.165) is 30.1 Å². The molecule has 0 aliphatic heterocycles. The van der Waals surface area contributed by atoms with Gasteiger partial charge in [-0.25, -0.2) is 0 Å². The van der Waals surface area contributed by atoms with E-state index in [9.17, 15) is 0 Å². The van der Waals surface area contributed by atoms with E-state index in [-0.39, 0.29) is 35.6 Å². The predicted octanol–water partition coefficient (Wildman–Crippen LogP) is 4.63. The molecular weight excluding hydrogens is 671 g/mol. The van der Waals surface area contributed by atoms with Gasteiger partial charge in [0, 0.05) is 0 Å². The Bertz CT molecular complexity index is 1950. The van der Waals surface area contributed by atoms with E-state index in [1.807, 2.05) is 3.88 Å². The molecule has 4 saturated carbocycles. The number of rotatable bonds is 6. The summed E-state index contributed by atoms with van der Waals surface area (Å²) in [6, 6.07) is 35.2. The standard InChI is InChI=1S/C31H29.C10H14.C5H5.2ClH.Ti/c1-30(2,24-11-7-5-8-12-24)26-17-15-22-19-23-16-18-27(21-29(23)28(22)20-26)31(3,4)25-13-9-6-10-14-25;1-7-2-9-4-8(1)5-10(3-7)6-9;1-2-4-5-3-1;;;/h5-15,17-18,20-21H,19H2,1-4H3;7-10H,1-5H2;1-3H,4H2;2*1H;/q;;;;;+2/p-2. The normalized spacial score (nSPS) is 22.8. The summed E-state index contributed by atoms with van der Waals surface area (Å²) in [4.78, 5) is 0. The van der Waals surface area contributed by atoms with Crippen LogP contribution < -0.4 is 28.7 Å².